The normalized spacial score (nSPS) is 11.0. The van der Waals surface area contributed by atoms with E-state index < -0.39 is 5.97 Å². The van der Waals surface area contributed by atoms with Gasteiger partial charge in [-0.15, -0.1) is 0 Å². The summed E-state index contributed by atoms with van der Waals surface area (Å²) in [5.74, 6) is -0.545. The van der Waals surface area contributed by atoms with Gasteiger partial charge in [0.15, 0.2) is 0 Å². The topological polar surface area (TPSA) is 55.8 Å². The van der Waals surface area contributed by atoms with Gasteiger partial charge in [-0.1, -0.05) is 42.5 Å². The van der Waals surface area contributed by atoms with Gasteiger partial charge in [0.2, 0.25) is 5.76 Å². The van der Waals surface area contributed by atoms with Crippen molar-refractivity contribution in [3.8, 4) is 5.75 Å². The third-order valence-corrected chi connectivity index (χ3v) is 2.83. The molecule has 108 valence electrons. The van der Waals surface area contributed by atoms with Crippen LogP contribution in [0.25, 0.3) is 6.08 Å². The number of rotatable bonds is 6. The molecule has 0 radical (unpaired) electrons. The highest BCUT2D eigenvalue weighted by molar-refractivity contribution is 5.89. The van der Waals surface area contributed by atoms with E-state index in [2.05, 4.69) is 0 Å². The summed E-state index contributed by atoms with van der Waals surface area (Å²) in [4.78, 5) is 10.9. The minimum Gasteiger partial charge on any atom is -0.490 e. The van der Waals surface area contributed by atoms with Crippen LogP contribution in [-0.4, -0.2) is 18.2 Å². The lowest BCUT2D eigenvalue weighted by atomic mass is 10.2. The molecule has 0 bridgehead atoms. The molecule has 0 aliphatic rings. The number of carboxylic acids is 1. The van der Waals surface area contributed by atoms with Crippen LogP contribution in [0.15, 0.2) is 60.4 Å². The van der Waals surface area contributed by atoms with Crippen LogP contribution in [0, 0.1) is 0 Å². The molecule has 0 spiro atoms. The smallest absolute Gasteiger partial charge is 0.371 e. The molecular formula is C17H16O4. The number of carboxylic acid groups (broad SMARTS) is 1. The number of hydrogen-bond donors (Lipinski definition) is 1. The fourth-order valence-corrected chi connectivity index (χ4v) is 1.79. The molecule has 2 aromatic carbocycles. The summed E-state index contributed by atoms with van der Waals surface area (Å²) in [5, 5.41) is 8.93. The van der Waals surface area contributed by atoms with Crippen molar-refractivity contribution in [1.82, 2.24) is 0 Å². The fraction of sp³-hybridized carbons (Fsp3) is 0.118. The van der Waals surface area contributed by atoms with E-state index in [1.54, 1.807) is 18.2 Å². The summed E-state index contributed by atoms with van der Waals surface area (Å²) in [6.07, 6.45) is 1.46. The zero-order valence-corrected chi connectivity index (χ0v) is 11.7. The summed E-state index contributed by atoms with van der Waals surface area (Å²) in [6, 6.07) is 17.0. The Balaban J connectivity index is 2.09. The van der Waals surface area contributed by atoms with Crippen LogP contribution < -0.4 is 4.74 Å². The largest absolute Gasteiger partial charge is 0.490 e. The van der Waals surface area contributed by atoms with E-state index in [0.29, 0.717) is 17.9 Å². The molecule has 4 nitrogen and oxygen atoms in total. The molecule has 0 aliphatic heterocycles. The zero-order valence-electron chi connectivity index (χ0n) is 11.7. The van der Waals surface area contributed by atoms with Gasteiger partial charge in [-0.3, -0.25) is 0 Å². The average molecular weight is 284 g/mol. The molecule has 0 fully saturated rings. The van der Waals surface area contributed by atoms with Gasteiger partial charge in [0, 0.05) is 0 Å². The molecule has 0 amide bonds. The molecule has 0 atom stereocenters. The lowest BCUT2D eigenvalue weighted by molar-refractivity contribution is -0.135. The fourth-order valence-electron chi connectivity index (χ4n) is 1.79. The third-order valence-electron chi connectivity index (χ3n) is 2.83. The van der Waals surface area contributed by atoms with Gasteiger partial charge >= 0.3 is 5.97 Å². The summed E-state index contributed by atoms with van der Waals surface area (Å²) in [5.41, 5.74) is 1.78. The third kappa shape index (κ3) is 4.38. The maximum absolute atomic E-state index is 10.9. The quantitative estimate of drug-likeness (QED) is 0.653. The first kappa shape index (κ1) is 14.7. The van der Waals surface area contributed by atoms with E-state index in [9.17, 15) is 4.79 Å². The van der Waals surface area contributed by atoms with Crippen molar-refractivity contribution in [3.63, 3.8) is 0 Å². The second-order valence-electron chi connectivity index (χ2n) is 4.36. The minimum absolute atomic E-state index is 0.116. The van der Waals surface area contributed by atoms with Crippen LogP contribution in [0.4, 0.5) is 0 Å². The Morgan fingerprint density at radius 1 is 1.14 bits per heavy atom. The highest BCUT2D eigenvalue weighted by Gasteiger charge is 2.06. The van der Waals surface area contributed by atoms with Gasteiger partial charge in [-0.05, 0) is 29.3 Å². The Labute approximate surface area is 123 Å². The van der Waals surface area contributed by atoms with Gasteiger partial charge in [0.25, 0.3) is 0 Å². The number of carbonyl (C=O) groups is 1. The summed E-state index contributed by atoms with van der Waals surface area (Å²) >= 11 is 0. The molecule has 0 unspecified atom stereocenters. The first-order valence-corrected chi connectivity index (χ1v) is 6.45. The first-order valence-electron chi connectivity index (χ1n) is 6.45. The predicted octanol–water partition coefficient (Wildman–Crippen LogP) is 3.34. The Morgan fingerprint density at radius 3 is 2.57 bits per heavy atom. The van der Waals surface area contributed by atoms with Crippen LogP contribution in [0.2, 0.25) is 0 Å². The van der Waals surface area contributed by atoms with Crippen molar-refractivity contribution in [3.05, 3.63) is 71.5 Å². The molecular weight excluding hydrogens is 268 g/mol. The van der Waals surface area contributed by atoms with E-state index in [4.69, 9.17) is 14.6 Å². The van der Waals surface area contributed by atoms with Gasteiger partial charge in [0.05, 0.1) is 7.11 Å². The van der Waals surface area contributed by atoms with Gasteiger partial charge < -0.3 is 14.6 Å². The number of benzene rings is 2. The monoisotopic (exact) mass is 284 g/mol. The van der Waals surface area contributed by atoms with Crippen LogP contribution in [0.5, 0.6) is 5.75 Å². The first-order chi connectivity index (χ1) is 10.2. The van der Waals surface area contributed by atoms with Crippen molar-refractivity contribution < 1.29 is 19.4 Å². The minimum atomic E-state index is -1.10. The van der Waals surface area contributed by atoms with Crippen molar-refractivity contribution >= 4 is 12.0 Å². The summed E-state index contributed by atoms with van der Waals surface area (Å²) in [6.45, 7) is 0.462. The predicted molar refractivity (Wildman–Crippen MR) is 79.8 cm³/mol. The van der Waals surface area contributed by atoms with Gasteiger partial charge in [-0.25, -0.2) is 4.79 Å². The van der Waals surface area contributed by atoms with Crippen LogP contribution in [0.3, 0.4) is 0 Å². The molecule has 21 heavy (non-hydrogen) atoms. The lowest BCUT2D eigenvalue weighted by Gasteiger charge is -2.07. The van der Waals surface area contributed by atoms with E-state index >= 15 is 0 Å². The summed E-state index contributed by atoms with van der Waals surface area (Å²) in [7, 11) is 1.33. The Bertz CT molecular complexity index is 632. The molecule has 2 rings (SSSR count). The Hall–Kier alpha value is -2.75. The van der Waals surface area contributed by atoms with E-state index in [-0.39, 0.29) is 5.76 Å². The van der Waals surface area contributed by atoms with Crippen molar-refractivity contribution in [2.24, 2.45) is 0 Å². The molecule has 2 aromatic rings. The Kier molecular flexibility index (Phi) is 4.99. The average Bonchev–Trinajstić information content (AvgIpc) is 2.52. The molecule has 4 heteroatoms. The van der Waals surface area contributed by atoms with Crippen molar-refractivity contribution in [1.29, 1.82) is 0 Å². The zero-order chi connectivity index (χ0) is 15.1. The second-order valence-corrected chi connectivity index (χ2v) is 4.36. The SMILES string of the molecule is CO/C(=C\c1cccc(OCc2ccccc2)c1)C(=O)O. The number of ether oxygens (including phenoxy) is 2. The maximum atomic E-state index is 10.9. The molecule has 0 heterocycles. The van der Waals surface area contributed by atoms with Crippen molar-refractivity contribution in [2.75, 3.05) is 7.11 Å². The highest BCUT2D eigenvalue weighted by Crippen LogP contribution is 2.17. The second kappa shape index (κ2) is 7.14. The maximum Gasteiger partial charge on any atom is 0.371 e. The van der Waals surface area contributed by atoms with Crippen molar-refractivity contribution in [2.45, 2.75) is 6.61 Å². The van der Waals surface area contributed by atoms with E-state index in [0.717, 1.165) is 5.56 Å². The molecule has 1 N–H and O–H groups in total. The summed E-state index contributed by atoms with van der Waals surface area (Å²) < 4.78 is 10.5. The molecule has 0 aromatic heterocycles. The number of methoxy groups -OCH3 is 1. The van der Waals surface area contributed by atoms with E-state index in [1.165, 1.54) is 13.2 Å². The number of aliphatic carboxylic acids is 1. The van der Waals surface area contributed by atoms with Gasteiger partial charge in [0.1, 0.15) is 12.4 Å². The van der Waals surface area contributed by atoms with Crippen LogP contribution in [0.1, 0.15) is 11.1 Å². The standard InChI is InChI=1S/C17H16O4/c1-20-16(17(18)19)11-14-8-5-9-15(10-14)21-12-13-6-3-2-4-7-13/h2-11H,12H2,1H3,(H,18,19)/b16-11-. The Morgan fingerprint density at radius 2 is 1.90 bits per heavy atom. The highest BCUT2D eigenvalue weighted by atomic mass is 16.5. The lowest BCUT2D eigenvalue weighted by Crippen LogP contribution is -2.02. The van der Waals surface area contributed by atoms with E-state index in [1.807, 2.05) is 36.4 Å². The molecule has 0 aliphatic carbocycles. The number of hydrogen-bond acceptors (Lipinski definition) is 3. The van der Waals surface area contributed by atoms with Gasteiger partial charge in [-0.2, -0.15) is 0 Å². The molecule has 0 saturated carbocycles. The van der Waals surface area contributed by atoms with Crippen LogP contribution in [-0.2, 0) is 16.1 Å². The molecule has 0 saturated heterocycles. The van der Waals surface area contributed by atoms with Crippen LogP contribution >= 0.6 is 0 Å².